The Morgan fingerprint density at radius 1 is 1.47 bits per heavy atom. The van der Waals surface area contributed by atoms with Crippen LogP contribution in [0.3, 0.4) is 0 Å². The maximum absolute atomic E-state index is 11.4. The molecule has 0 radical (unpaired) electrons. The molecule has 0 saturated carbocycles. The molecule has 2 aliphatic heterocycles. The van der Waals surface area contributed by atoms with Crippen molar-refractivity contribution in [1.82, 2.24) is 4.90 Å². The first-order chi connectivity index (χ1) is 8.76. The average molecular weight is 311 g/mol. The Labute approximate surface area is 116 Å². The van der Waals surface area contributed by atoms with Crippen molar-refractivity contribution in [2.75, 3.05) is 6.26 Å². The molecule has 19 heavy (non-hydrogen) atoms. The summed E-state index contributed by atoms with van der Waals surface area (Å²) in [5, 5.41) is 12.6. The summed E-state index contributed by atoms with van der Waals surface area (Å²) >= 11 is 6.04. The lowest BCUT2D eigenvalue weighted by atomic mass is 9.89. The number of carbonyl (C=O) groups is 1. The molecule has 2 fully saturated rings. The Balaban J connectivity index is 2.31. The summed E-state index contributed by atoms with van der Waals surface area (Å²) in [5.41, 5.74) is -0.930. The maximum Gasteiger partial charge on any atom is 0.408 e. The number of hydrogen-bond donors (Lipinski definition) is 1. The lowest BCUT2D eigenvalue weighted by molar-refractivity contribution is 0.0830. The highest BCUT2D eigenvalue weighted by atomic mass is 35.5. The molecule has 1 N–H and O–H groups in total. The van der Waals surface area contributed by atoms with Crippen molar-refractivity contribution in [2.24, 2.45) is 5.16 Å². The molecule has 2 aliphatic rings. The van der Waals surface area contributed by atoms with Crippen LogP contribution in [0.2, 0.25) is 0 Å². The van der Waals surface area contributed by atoms with Gasteiger partial charge >= 0.3 is 16.2 Å². The molecule has 2 rings (SSSR count). The van der Waals surface area contributed by atoms with E-state index in [9.17, 15) is 18.3 Å². The minimum absolute atomic E-state index is 0.0755. The smallest absolute Gasteiger partial charge is 0.408 e. The summed E-state index contributed by atoms with van der Waals surface area (Å²) in [7, 11) is -3.75. The number of nitrogens with zero attached hydrogens (tertiary/aromatic N) is 2. The fraction of sp³-hybridized carbons (Fsp3) is 0.800. The fourth-order valence-electron chi connectivity index (χ4n) is 2.98. The lowest BCUT2D eigenvalue weighted by Gasteiger charge is -2.41. The number of halogens is 1. The molecule has 2 saturated heterocycles. The Morgan fingerprint density at radius 3 is 2.74 bits per heavy atom. The van der Waals surface area contributed by atoms with Crippen LogP contribution in [-0.2, 0) is 14.4 Å². The van der Waals surface area contributed by atoms with Gasteiger partial charge in [0.25, 0.3) is 0 Å². The van der Waals surface area contributed by atoms with Gasteiger partial charge in [-0.25, -0.2) is 4.79 Å². The first-order valence-corrected chi connectivity index (χ1v) is 8.10. The summed E-state index contributed by atoms with van der Waals surface area (Å²) in [6.45, 7) is 0. The van der Waals surface area contributed by atoms with Gasteiger partial charge in [-0.1, -0.05) is 16.8 Å². The van der Waals surface area contributed by atoms with E-state index in [1.165, 1.54) is 4.90 Å². The van der Waals surface area contributed by atoms with E-state index in [1.807, 2.05) is 0 Å². The van der Waals surface area contributed by atoms with Gasteiger partial charge in [0.1, 0.15) is 5.54 Å². The molecular formula is C10H15ClN2O5S. The highest BCUT2D eigenvalue weighted by Crippen LogP contribution is 2.45. The number of carboxylic acid groups (broad SMARTS) is 1. The van der Waals surface area contributed by atoms with Crippen molar-refractivity contribution in [2.45, 2.75) is 43.7 Å². The highest BCUT2D eigenvalue weighted by Gasteiger charge is 2.54. The predicted molar refractivity (Wildman–Crippen MR) is 68.7 cm³/mol. The second-order valence-corrected chi connectivity index (χ2v) is 6.84. The van der Waals surface area contributed by atoms with E-state index < -0.39 is 21.8 Å². The fourth-order valence-corrected chi connectivity index (χ4v) is 3.55. The number of hydrogen-bond acceptors (Lipinski definition) is 5. The quantitative estimate of drug-likeness (QED) is 0.630. The van der Waals surface area contributed by atoms with Crippen molar-refractivity contribution in [3.05, 3.63) is 0 Å². The largest absolute Gasteiger partial charge is 0.465 e. The van der Waals surface area contributed by atoms with Gasteiger partial charge in [-0.05, 0) is 32.1 Å². The molecule has 108 valence electrons. The van der Waals surface area contributed by atoms with Gasteiger partial charge < -0.3 is 5.11 Å². The van der Waals surface area contributed by atoms with E-state index >= 15 is 0 Å². The number of piperidine rings is 1. The van der Waals surface area contributed by atoms with Crippen LogP contribution < -0.4 is 0 Å². The molecule has 0 aromatic carbocycles. The molecule has 2 atom stereocenters. The van der Waals surface area contributed by atoms with Crippen LogP contribution in [0.1, 0.15) is 32.1 Å². The zero-order valence-electron chi connectivity index (χ0n) is 10.4. The van der Waals surface area contributed by atoms with Crippen molar-refractivity contribution in [1.29, 1.82) is 0 Å². The van der Waals surface area contributed by atoms with Crippen LogP contribution in [0.15, 0.2) is 5.16 Å². The van der Waals surface area contributed by atoms with Gasteiger partial charge in [0.15, 0.2) is 5.17 Å². The highest BCUT2D eigenvalue weighted by molar-refractivity contribution is 7.85. The van der Waals surface area contributed by atoms with E-state index in [-0.39, 0.29) is 11.2 Å². The summed E-state index contributed by atoms with van der Waals surface area (Å²) in [6.07, 6.45) is 3.20. The minimum Gasteiger partial charge on any atom is -0.465 e. The molecule has 0 aliphatic carbocycles. The monoisotopic (exact) mass is 310 g/mol. The van der Waals surface area contributed by atoms with Gasteiger partial charge in [0.2, 0.25) is 0 Å². The maximum atomic E-state index is 11.4. The molecule has 9 heteroatoms. The predicted octanol–water partition coefficient (Wildman–Crippen LogP) is 1.58. The Hall–Kier alpha value is -1.02. The first-order valence-electron chi connectivity index (χ1n) is 5.91. The van der Waals surface area contributed by atoms with Crippen LogP contribution in [0.25, 0.3) is 0 Å². The molecule has 0 aromatic rings. The Morgan fingerprint density at radius 2 is 2.16 bits per heavy atom. The average Bonchev–Trinajstić information content (AvgIpc) is 2.54. The third-order valence-corrected chi connectivity index (χ3v) is 4.45. The van der Waals surface area contributed by atoms with E-state index in [4.69, 9.17) is 11.6 Å². The van der Waals surface area contributed by atoms with Crippen molar-refractivity contribution in [3.8, 4) is 0 Å². The summed E-state index contributed by atoms with van der Waals surface area (Å²) in [4.78, 5) is 12.7. The zero-order valence-corrected chi connectivity index (χ0v) is 11.9. The third kappa shape index (κ3) is 2.64. The number of amides is 1. The van der Waals surface area contributed by atoms with Gasteiger partial charge in [-0.15, -0.1) is 0 Å². The van der Waals surface area contributed by atoms with E-state index in [2.05, 4.69) is 9.44 Å². The molecule has 1 amide bonds. The van der Waals surface area contributed by atoms with Gasteiger partial charge in [0.05, 0.1) is 6.26 Å². The Kier molecular flexibility index (Phi) is 3.65. The van der Waals surface area contributed by atoms with Crippen molar-refractivity contribution >= 4 is 33.0 Å². The molecule has 7 nitrogen and oxygen atoms in total. The summed E-state index contributed by atoms with van der Waals surface area (Å²) in [6, 6.07) is -0.0755. The molecule has 0 spiro atoms. The minimum atomic E-state index is -3.75. The second-order valence-electron chi connectivity index (χ2n) is 4.93. The number of fused-ring (bicyclic) bond motifs is 2. The normalized spacial score (nSPS) is 31.4. The number of rotatable bonds is 3. The molecule has 2 unspecified atom stereocenters. The summed E-state index contributed by atoms with van der Waals surface area (Å²) in [5.74, 6) is 0. The topological polar surface area (TPSA) is 96.3 Å². The number of oxime groups is 1. The van der Waals surface area contributed by atoms with Gasteiger partial charge in [-0.3, -0.25) is 9.18 Å². The molecular weight excluding hydrogens is 296 g/mol. The van der Waals surface area contributed by atoms with Crippen LogP contribution >= 0.6 is 11.6 Å². The molecule has 0 aromatic heterocycles. The summed E-state index contributed by atoms with van der Waals surface area (Å²) < 4.78 is 26.2. The SMILES string of the molecule is CS(=O)(=O)O/N=C(\Cl)C12CCCC(CC1)N2C(=O)O. The lowest BCUT2D eigenvalue weighted by Crippen LogP contribution is -2.56. The third-order valence-electron chi connectivity index (χ3n) is 3.69. The van der Waals surface area contributed by atoms with Crippen molar-refractivity contribution < 1.29 is 22.6 Å². The Bertz CT molecular complexity index is 516. The van der Waals surface area contributed by atoms with Crippen molar-refractivity contribution in [3.63, 3.8) is 0 Å². The standard InChI is InChI=1S/C10H15ClN2O5S/c1-19(16,17)18-12-8(11)10-5-2-3-7(4-6-10)13(10)9(14)15/h7H,2-6H2,1H3,(H,14,15)/b12-8-. The molecule has 2 heterocycles. The van der Waals surface area contributed by atoms with E-state index in [0.29, 0.717) is 19.3 Å². The van der Waals surface area contributed by atoms with Crippen LogP contribution in [0.4, 0.5) is 4.79 Å². The van der Waals surface area contributed by atoms with Crippen LogP contribution in [-0.4, -0.2) is 47.5 Å². The van der Waals surface area contributed by atoms with E-state index in [1.54, 1.807) is 0 Å². The van der Waals surface area contributed by atoms with Crippen LogP contribution in [0.5, 0.6) is 0 Å². The second kappa shape index (κ2) is 4.82. The molecule has 2 bridgehead atoms. The zero-order chi connectivity index (χ0) is 14.3. The van der Waals surface area contributed by atoms with E-state index in [0.717, 1.165) is 19.1 Å². The first kappa shape index (κ1) is 14.4. The van der Waals surface area contributed by atoms with Crippen LogP contribution in [0, 0.1) is 0 Å². The van der Waals surface area contributed by atoms with Gasteiger partial charge in [-0.2, -0.15) is 8.42 Å². The van der Waals surface area contributed by atoms with Gasteiger partial charge in [0, 0.05) is 6.04 Å².